The highest BCUT2D eigenvalue weighted by Crippen LogP contribution is 2.18. The lowest BCUT2D eigenvalue weighted by Crippen LogP contribution is -2.30. The molecule has 0 aliphatic carbocycles. The molecular weight excluding hydrogens is 949 g/mol. The molecule has 0 aromatic carbocycles. The summed E-state index contributed by atoms with van der Waals surface area (Å²) in [5, 5.41) is 0. The maximum atomic E-state index is 12.9. The van der Waals surface area contributed by atoms with E-state index in [2.05, 4.69) is 81.5 Å². The molecule has 0 aliphatic heterocycles. The molecule has 448 valence electrons. The molecule has 6 nitrogen and oxygen atoms in total. The first-order valence-corrected chi connectivity index (χ1v) is 33.8. The Morgan fingerprint density at radius 1 is 0.273 bits per heavy atom. The number of carbonyl (C=O) groups excluding carboxylic acids is 3. The van der Waals surface area contributed by atoms with Crippen molar-refractivity contribution >= 4 is 17.9 Å². The highest BCUT2D eigenvalue weighted by molar-refractivity contribution is 5.71. The van der Waals surface area contributed by atoms with E-state index in [4.69, 9.17) is 14.2 Å². The van der Waals surface area contributed by atoms with Crippen LogP contribution in [0.25, 0.3) is 0 Å². The van der Waals surface area contributed by atoms with Gasteiger partial charge in [-0.15, -0.1) is 0 Å². The van der Waals surface area contributed by atoms with E-state index < -0.39 is 6.10 Å². The van der Waals surface area contributed by atoms with Crippen molar-refractivity contribution in [3.63, 3.8) is 0 Å². The highest BCUT2D eigenvalue weighted by atomic mass is 16.6. The lowest BCUT2D eigenvalue weighted by atomic mass is 10.0. The Hall–Kier alpha value is -2.89. The van der Waals surface area contributed by atoms with Crippen LogP contribution in [0.3, 0.4) is 0 Å². The summed E-state index contributed by atoms with van der Waals surface area (Å²) in [6.07, 6.45) is 84.0. The topological polar surface area (TPSA) is 78.9 Å². The molecule has 0 aromatic heterocycles. The Kier molecular flexibility index (Phi) is 63.2. The number of esters is 3. The first kappa shape index (κ1) is 74.1. The lowest BCUT2D eigenvalue weighted by Gasteiger charge is -2.18. The van der Waals surface area contributed by atoms with Crippen molar-refractivity contribution in [3.8, 4) is 0 Å². The fourth-order valence-electron chi connectivity index (χ4n) is 9.97. The van der Waals surface area contributed by atoms with Gasteiger partial charge in [-0.3, -0.25) is 14.4 Å². The number of ether oxygens (including phenoxy) is 3. The van der Waals surface area contributed by atoms with Gasteiger partial charge in [0.2, 0.25) is 0 Å². The van der Waals surface area contributed by atoms with Crippen LogP contribution in [0.4, 0.5) is 0 Å². The molecule has 1 unspecified atom stereocenters. The van der Waals surface area contributed by atoms with Crippen LogP contribution in [-0.2, 0) is 28.6 Å². The first-order chi connectivity index (χ1) is 38.0. The van der Waals surface area contributed by atoms with Crippen LogP contribution in [0.15, 0.2) is 60.8 Å². The first-order valence-electron chi connectivity index (χ1n) is 33.8. The summed E-state index contributed by atoms with van der Waals surface area (Å²) < 4.78 is 16.9. The molecule has 0 saturated heterocycles. The van der Waals surface area contributed by atoms with Gasteiger partial charge in [0.25, 0.3) is 0 Å². The average molecular weight is 1080 g/mol. The van der Waals surface area contributed by atoms with Gasteiger partial charge >= 0.3 is 17.9 Å². The van der Waals surface area contributed by atoms with Crippen LogP contribution in [0.2, 0.25) is 0 Å². The summed E-state index contributed by atoms with van der Waals surface area (Å²) in [6.45, 7) is 6.51. The number of hydrogen-bond donors (Lipinski definition) is 0. The quantitative estimate of drug-likeness (QED) is 0.0261. The van der Waals surface area contributed by atoms with Crippen molar-refractivity contribution in [1.82, 2.24) is 0 Å². The fourth-order valence-corrected chi connectivity index (χ4v) is 9.97. The van der Waals surface area contributed by atoms with E-state index in [0.29, 0.717) is 19.3 Å². The van der Waals surface area contributed by atoms with Gasteiger partial charge in [-0.1, -0.05) is 319 Å². The summed E-state index contributed by atoms with van der Waals surface area (Å²) in [7, 11) is 0. The standard InChI is InChI=1S/C71H128O6/c1-4-7-10-13-16-19-22-24-26-28-30-32-34-36-38-39-41-43-45-47-49-52-55-58-61-64-70(73)76-67-68(66-75-69(72)63-60-57-54-51-21-18-15-12-9-6-3)77-71(74)65-62-59-56-53-50-48-46-44-42-40-37-35-33-31-29-27-25-23-20-17-14-11-8-5-2/h7,10,12,15-16,19,24,26,30,32,68H,4-6,8-9,11,13-14,17-18,20-23,25,27-29,31,33-67H2,1-3H3/b10-7-,15-12-,19-16-,26-24-,32-30-. The summed E-state index contributed by atoms with van der Waals surface area (Å²) in [5.74, 6) is -0.866. The van der Waals surface area contributed by atoms with Crippen LogP contribution >= 0.6 is 0 Å². The Morgan fingerprint density at radius 3 is 0.857 bits per heavy atom. The predicted molar refractivity (Wildman–Crippen MR) is 335 cm³/mol. The van der Waals surface area contributed by atoms with Crippen LogP contribution in [-0.4, -0.2) is 37.2 Å². The smallest absolute Gasteiger partial charge is 0.306 e. The molecule has 6 heteroatoms. The van der Waals surface area contributed by atoms with E-state index in [1.807, 2.05) is 0 Å². The minimum Gasteiger partial charge on any atom is -0.462 e. The van der Waals surface area contributed by atoms with Gasteiger partial charge in [0.15, 0.2) is 6.10 Å². The van der Waals surface area contributed by atoms with Gasteiger partial charge in [0, 0.05) is 19.3 Å². The Morgan fingerprint density at radius 2 is 0.532 bits per heavy atom. The zero-order valence-electron chi connectivity index (χ0n) is 51.5. The molecule has 0 radical (unpaired) electrons. The van der Waals surface area contributed by atoms with Gasteiger partial charge in [-0.05, 0) is 77.0 Å². The Balaban J connectivity index is 4.18. The zero-order chi connectivity index (χ0) is 55.7. The molecule has 0 fully saturated rings. The summed E-state index contributed by atoms with van der Waals surface area (Å²) in [6, 6.07) is 0. The third-order valence-electron chi connectivity index (χ3n) is 15.0. The van der Waals surface area contributed by atoms with Crippen molar-refractivity contribution in [3.05, 3.63) is 60.8 Å². The van der Waals surface area contributed by atoms with Crippen molar-refractivity contribution in [1.29, 1.82) is 0 Å². The fraction of sp³-hybridized carbons (Fsp3) is 0.817. The van der Waals surface area contributed by atoms with Crippen molar-refractivity contribution in [2.45, 2.75) is 361 Å². The summed E-state index contributed by atoms with van der Waals surface area (Å²) in [4.78, 5) is 38.3. The van der Waals surface area contributed by atoms with E-state index in [1.165, 1.54) is 218 Å². The molecule has 77 heavy (non-hydrogen) atoms. The van der Waals surface area contributed by atoms with Crippen LogP contribution in [0.5, 0.6) is 0 Å². The number of allylic oxidation sites excluding steroid dienone is 10. The normalized spacial score (nSPS) is 12.4. The van der Waals surface area contributed by atoms with E-state index >= 15 is 0 Å². The molecule has 0 amide bonds. The zero-order valence-corrected chi connectivity index (χ0v) is 51.5. The van der Waals surface area contributed by atoms with E-state index in [-0.39, 0.29) is 31.1 Å². The van der Waals surface area contributed by atoms with Gasteiger partial charge in [-0.25, -0.2) is 0 Å². The highest BCUT2D eigenvalue weighted by Gasteiger charge is 2.19. The number of unbranched alkanes of at least 4 members (excludes halogenated alkanes) is 41. The largest absolute Gasteiger partial charge is 0.462 e. The predicted octanol–water partition coefficient (Wildman–Crippen LogP) is 23.1. The Bertz CT molecular complexity index is 1380. The molecule has 0 aliphatic rings. The van der Waals surface area contributed by atoms with Crippen molar-refractivity contribution in [2.75, 3.05) is 13.2 Å². The van der Waals surface area contributed by atoms with Crippen molar-refractivity contribution < 1.29 is 28.6 Å². The van der Waals surface area contributed by atoms with E-state index in [9.17, 15) is 14.4 Å². The molecular formula is C71H128O6. The second-order valence-corrected chi connectivity index (χ2v) is 22.7. The molecule has 0 saturated carbocycles. The molecule has 0 spiro atoms. The average Bonchev–Trinajstić information content (AvgIpc) is 3.43. The van der Waals surface area contributed by atoms with Gasteiger partial charge in [0.05, 0.1) is 0 Å². The summed E-state index contributed by atoms with van der Waals surface area (Å²) >= 11 is 0. The maximum Gasteiger partial charge on any atom is 0.306 e. The molecule has 0 heterocycles. The SMILES string of the molecule is CC/C=C\C/C=C\C/C=C\C/C=C\CCCCCCCCCCCCCCC(=O)OCC(COC(=O)CCCCCCC/C=C\CCC)OC(=O)CCCCCCCCCCCCCCCCCCCCCCCCCC. The van der Waals surface area contributed by atoms with Gasteiger partial charge in [-0.2, -0.15) is 0 Å². The number of rotatable bonds is 62. The number of hydrogen-bond acceptors (Lipinski definition) is 6. The second-order valence-electron chi connectivity index (χ2n) is 22.7. The monoisotopic (exact) mass is 1080 g/mol. The molecule has 0 bridgehead atoms. The minimum atomic E-state index is -0.776. The Labute approximate surface area is 479 Å². The van der Waals surface area contributed by atoms with Gasteiger partial charge < -0.3 is 14.2 Å². The third-order valence-corrected chi connectivity index (χ3v) is 15.0. The number of carbonyl (C=O) groups is 3. The molecule has 0 rings (SSSR count). The molecule has 0 N–H and O–H groups in total. The summed E-state index contributed by atoms with van der Waals surface area (Å²) in [5.41, 5.74) is 0. The van der Waals surface area contributed by atoms with E-state index in [1.54, 1.807) is 0 Å². The van der Waals surface area contributed by atoms with Crippen molar-refractivity contribution in [2.24, 2.45) is 0 Å². The molecule has 1 atom stereocenters. The van der Waals surface area contributed by atoms with Gasteiger partial charge in [0.1, 0.15) is 13.2 Å². The van der Waals surface area contributed by atoms with Crippen LogP contribution in [0.1, 0.15) is 355 Å². The molecule has 0 aromatic rings. The van der Waals surface area contributed by atoms with Crippen LogP contribution < -0.4 is 0 Å². The third kappa shape index (κ3) is 63.8. The lowest BCUT2D eigenvalue weighted by molar-refractivity contribution is -0.167. The van der Waals surface area contributed by atoms with E-state index in [0.717, 1.165) is 96.3 Å². The minimum absolute atomic E-state index is 0.0741. The maximum absolute atomic E-state index is 12.9. The second kappa shape index (κ2) is 65.6. The van der Waals surface area contributed by atoms with Crippen LogP contribution in [0, 0.1) is 0 Å².